The molecule has 1 atom stereocenters. The van der Waals surface area contributed by atoms with Crippen molar-refractivity contribution in [2.24, 2.45) is 0 Å². The van der Waals surface area contributed by atoms with E-state index >= 15 is 0 Å². The first-order valence-electron chi connectivity index (χ1n) is 12.9. The van der Waals surface area contributed by atoms with Crippen LogP contribution >= 0.6 is 0 Å². The molecule has 5 rings (SSSR count). The molecule has 1 aromatic carbocycles. The van der Waals surface area contributed by atoms with Crippen LogP contribution in [0.1, 0.15) is 52.8 Å². The van der Waals surface area contributed by atoms with Gasteiger partial charge in [0.15, 0.2) is 11.4 Å². The molecule has 0 bridgehead atoms. The number of aromatic amines is 1. The van der Waals surface area contributed by atoms with E-state index in [-0.39, 0.29) is 22.9 Å². The van der Waals surface area contributed by atoms with Crippen molar-refractivity contribution in [1.29, 1.82) is 0 Å². The predicted molar refractivity (Wildman–Crippen MR) is 141 cm³/mol. The van der Waals surface area contributed by atoms with Crippen LogP contribution in [0.25, 0.3) is 22.3 Å². The van der Waals surface area contributed by atoms with Gasteiger partial charge >= 0.3 is 0 Å². The van der Waals surface area contributed by atoms with E-state index in [2.05, 4.69) is 52.7 Å². The van der Waals surface area contributed by atoms with Crippen LogP contribution < -0.4 is 0 Å². The molecular formula is C28H38FN5O3. The summed E-state index contributed by atoms with van der Waals surface area (Å²) in [7, 11) is 0. The van der Waals surface area contributed by atoms with Crippen molar-refractivity contribution < 1.29 is 19.0 Å². The van der Waals surface area contributed by atoms with Gasteiger partial charge in [-0.1, -0.05) is 0 Å². The standard InChI is InChI=1S/C28H38FN5O3/c1-17-24-18(10-23(30-25(24)32-31-17)21-9-8-19(35)11-22(21)29)12-33-15-27(4,5)34(16-26(33,2)3)13-20-14-36-28(6,7)37-20/h8-11,20,35H,12-16H2,1-7H3,(H,30,31,32). The van der Waals surface area contributed by atoms with Gasteiger partial charge in [0.2, 0.25) is 0 Å². The first-order chi connectivity index (χ1) is 17.2. The monoisotopic (exact) mass is 511 g/mol. The lowest BCUT2D eigenvalue weighted by atomic mass is 9.87. The molecule has 8 nitrogen and oxygen atoms in total. The van der Waals surface area contributed by atoms with Crippen LogP contribution in [0.3, 0.4) is 0 Å². The van der Waals surface area contributed by atoms with E-state index in [0.717, 1.165) is 42.3 Å². The summed E-state index contributed by atoms with van der Waals surface area (Å²) in [5, 5.41) is 18.1. The molecule has 2 saturated heterocycles. The van der Waals surface area contributed by atoms with Gasteiger partial charge in [-0.3, -0.25) is 14.9 Å². The number of hydrogen-bond acceptors (Lipinski definition) is 7. The highest BCUT2D eigenvalue weighted by Crippen LogP contribution is 2.36. The Labute approximate surface area is 217 Å². The third-order valence-corrected chi connectivity index (χ3v) is 7.74. The van der Waals surface area contributed by atoms with Gasteiger partial charge in [0, 0.05) is 60.0 Å². The van der Waals surface area contributed by atoms with E-state index in [4.69, 9.17) is 9.47 Å². The highest BCUT2D eigenvalue weighted by Gasteiger charge is 2.45. The molecule has 37 heavy (non-hydrogen) atoms. The fraction of sp³-hybridized carbons (Fsp3) is 0.571. The maximum atomic E-state index is 14.8. The molecule has 1 unspecified atom stereocenters. The van der Waals surface area contributed by atoms with Gasteiger partial charge in [0.05, 0.1) is 18.4 Å². The van der Waals surface area contributed by atoms with Gasteiger partial charge in [0.25, 0.3) is 0 Å². The van der Waals surface area contributed by atoms with E-state index in [1.54, 1.807) is 6.07 Å². The molecule has 4 heterocycles. The van der Waals surface area contributed by atoms with Gasteiger partial charge < -0.3 is 14.6 Å². The third kappa shape index (κ3) is 5.10. The molecule has 0 spiro atoms. The van der Waals surface area contributed by atoms with Crippen molar-refractivity contribution in [3.05, 3.63) is 41.3 Å². The zero-order valence-corrected chi connectivity index (χ0v) is 22.9. The van der Waals surface area contributed by atoms with Crippen molar-refractivity contribution in [3.8, 4) is 17.0 Å². The van der Waals surface area contributed by atoms with Crippen LogP contribution in [0.5, 0.6) is 5.75 Å². The number of nitrogens with zero attached hydrogens (tertiary/aromatic N) is 4. The lowest BCUT2D eigenvalue weighted by Crippen LogP contribution is -2.68. The molecule has 2 aromatic heterocycles. The molecular weight excluding hydrogens is 473 g/mol. The van der Waals surface area contributed by atoms with Crippen LogP contribution in [-0.2, 0) is 16.0 Å². The number of fused-ring (bicyclic) bond motifs is 1. The molecule has 2 N–H and O–H groups in total. The Morgan fingerprint density at radius 2 is 1.78 bits per heavy atom. The summed E-state index contributed by atoms with van der Waals surface area (Å²) >= 11 is 0. The number of ether oxygens (including phenoxy) is 2. The number of benzene rings is 1. The molecule has 9 heteroatoms. The Bertz CT molecular complexity index is 1320. The zero-order valence-electron chi connectivity index (χ0n) is 22.9. The number of halogens is 1. The van der Waals surface area contributed by atoms with E-state index in [0.29, 0.717) is 30.1 Å². The molecule has 0 saturated carbocycles. The zero-order chi connectivity index (χ0) is 26.8. The Kier molecular flexibility index (Phi) is 6.34. The summed E-state index contributed by atoms with van der Waals surface area (Å²) in [5.74, 6) is -1.16. The van der Waals surface area contributed by atoms with Crippen LogP contribution in [-0.4, -0.2) is 79.3 Å². The number of rotatable bonds is 5. The average molecular weight is 512 g/mol. The minimum atomic E-state index is -0.532. The van der Waals surface area contributed by atoms with Crippen molar-refractivity contribution in [2.75, 3.05) is 26.2 Å². The fourth-order valence-corrected chi connectivity index (χ4v) is 5.69. The molecule has 0 aliphatic carbocycles. The number of nitrogens with one attached hydrogen (secondary N) is 1. The van der Waals surface area contributed by atoms with E-state index in [9.17, 15) is 9.50 Å². The highest BCUT2D eigenvalue weighted by atomic mass is 19.1. The summed E-state index contributed by atoms with van der Waals surface area (Å²) in [6.45, 7) is 18.8. The minimum absolute atomic E-state index is 0.0489. The fourth-order valence-electron chi connectivity index (χ4n) is 5.69. The Morgan fingerprint density at radius 3 is 2.46 bits per heavy atom. The smallest absolute Gasteiger partial charge is 0.182 e. The van der Waals surface area contributed by atoms with Gasteiger partial charge in [-0.2, -0.15) is 5.10 Å². The summed E-state index contributed by atoms with van der Waals surface area (Å²) in [5.41, 5.74) is 3.18. The average Bonchev–Trinajstić information content (AvgIpc) is 3.33. The molecule has 2 aliphatic heterocycles. The number of hydrogen-bond donors (Lipinski definition) is 2. The topological polar surface area (TPSA) is 86.7 Å². The summed E-state index contributed by atoms with van der Waals surface area (Å²) in [6.07, 6.45) is 0.0489. The van der Waals surface area contributed by atoms with Crippen molar-refractivity contribution in [2.45, 2.75) is 78.0 Å². The molecule has 2 fully saturated rings. The third-order valence-electron chi connectivity index (χ3n) is 7.74. The van der Waals surface area contributed by atoms with Crippen LogP contribution in [0.4, 0.5) is 4.39 Å². The number of pyridine rings is 1. The lowest BCUT2D eigenvalue weighted by molar-refractivity contribution is -0.146. The molecule has 3 aromatic rings. The second kappa shape index (κ2) is 9.01. The van der Waals surface area contributed by atoms with Gasteiger partial charge in [-0.25, -0.2) is 9.37 Å². The largest absolute Gasteiger partial charge is 0.508 e. The van der Waals surface area contributed by atoms with Crippen LogP contribution in [0.2, 0.25) is 0 Å². The van der Waals surface area contributed by atoms with Crippen molar-refractivity contribution in [3.63, 3.8) is 0 Å². The van der Waals surface area contributed by atoms with Crippen LogP contribution in [0, 0.1) is 12.7 Å². The van der Waals surface area contributed by atoms with Crippen LogP contribution in [0.15, 0.2) is 24.3 Å². The maximum Gasteiger partial charge on any atom is 0.182 e. The van der Waals surface area contributed by atoms with Crippen molar-refractivity contribution >= 4 is 11.0 Å². The van der Waals surface area contributed by atoms with E-state index < -0.39 is 11.6 Å². The first kappa shape index (κ1) is 26.0. The van der Waals surface area contributed by atoms with Gasteiger partial charge in [-0.05, 0) is 72.2 Å². The summed E-state index contributed by atoms with van der Waals surface area (Å²) in [4.78, 5) is 9.65. The quantitative estimate of drug-likeness (QED) is 0.518. The second-order valence-electron chi connectivity index (χ2n) is 12.2. The van der Waals surface area contributed by atoms with Gasteiger partial charge in [-0.15, -0.1) is 0 Å². The Hall–Kier alpha value is -2.59. The van der Waals surface area contributed by atoms with Gasteiger partial charge in [0.1, 0.15) is 11.6 Å². The van der Waals surface area contributed by atoms with E-state index in [1.807, 2.05) is 26.8 Å². The lowest BCUT2D eigenvalue weighted by Gasteiger charge is -2.55. The maximum absolute atomic E-state index is 14.8. The Morgan fingerprint density at radius 1 is 1.08 bits per heavy atom. The molecule has 2 aliphatic rings. The normalized spacial score (nSPS) is 23.6. The number of piperazine rings is 1. The number of aryl methyl sites for hydroxylation is 1. The number of aromatic hydroxyl groups is 1. The first-order valence-corrected chi connectivity index (χ1v) is 12.9. The molecule has 200 valence electrons. The number of phenolic OH excluding ortho intramolecular Hbond substituents is 1. The second-order valence-corrected chi connectivity index (χ2v) is 12.2. The molecule has 0 amide bonds. The number of H-pyrrole nitrogens is 1. The minimum Gasteiger partial charge on any atom is -0.508 e. The highest BCUT2D eigenvalue weighted by molar-refractivity contribution is 5.84. The number of phenols is 1. The number of aromatic nitrogens is 3. The molecule has 0 radical (unpaired) electrons. The summed E-state index contributed by atoms with van der Waals surface area (Å²) < 4.78 is 26.7. The van der Waals surface area contributed by atoms with Crippen molar-refractivity contribution in [1.82, 2.24) is 25.0 Å². The SMILES string of the molecule is Cc1[nH]nc2nc(-c3ccc(O)cc3F)cc(CN3CC(C)(C)N(CC4COC(C)(C)O4)CC3(C)C)c12. The Balaban J connectivity index is 1.44. The predicted octanol–water partition coefficient (Wildman–Crippen LogP) is 4.60. The summed E-state index contributed by atoms with van der Waals surface area (Å²) in [6, 6.07) is 6.11. The van der Waals surface area contributed by atoms with E-state index in [1.165, 1.54) is 6.07 Å².